The van der Waals surface area contributed by atoms with Gasteiger partial charge >= 0.3 is 0 Å². The van der Waals surface area contributed by atoms with Crippen molar-refractivity contribution in [1.82, 2.24) is 10.4 Å². The Morgan fingerprint density at radius 1 is 1.12 bits per heavy atom. The van der Waals surface area contributed by atoms with Crippen LogP contribution in [0.25, 0.3) is 10.9 Å². The lowest BCUT2D eigenvalue weighted by Gasteiger charge is -2.07. The van der Waals surface area contributed by atoms with E-state index in [1.54, 1.807) is 13.2 Å². The molecule has 0 saturated heterocycles. The monoisotopic (exact) mass is 333 g/mol. The molecule has 2 aromatic carbocycles. The average Bonchev–Trinajstić information content (AvgIpc) is 2.65. The Balaban J connectivity index is 1.84. The maximum atomic E-state index is 12.6. The number of aromatic nitrogens is 1. The summed E-state index contributed by atoms with van der Waals surface area (Å²) >= 11 is 0. The van der Waals surface area contributed by atoms with Crippen LogP contribution in [0.5, 0.6) is 5.75 Å². The van der Waals surface area contributed by atoms with E-state index >= 15 is 0 Å². The third-order valence-corrected chi connectivity index (χ3v) is 3.92. The number of nitrogens with one attached hydrogen (secondary N) is 1. The van der Waals surface area contributed by atoms with E-state index in [0.717, 1.165) is 27.9 Å². The minimum absolute atomic E-state index is 0.255. The van der Waals surface area contributed by atoms with E-state index in [-0.39, 0.29) is 5.91 Å². The molecule has 3 rings (SSSR count). The molecule has 0 unspecified atom stereocenters. The van der Waals surface area contributed by atoms with Crippen molar-refractivity contribution < 1.29 is 9.53 Å². The van der Waals surface area contributed by atoms with Crippen LogP contribution in [0.1, 0.15) is 28.5 Å². The first kappa shape index (κ1) is 16.6. The number of amides is 1. The second-order valence-corrected chi connectivity index (χ2v) is 5.69. The van der Waals surface area contributed by atoms with Gasteiger partial charge < -0.3 is 4.74 Å². The molecule has 0 fully saturated rings. The molecule has 1 aromatic heterocycles. The molecule has 0 spiro atoms. The molecular formula is C20H19N3O2. The summed E-state index contributed by atoms with van der Waals surface area (Å²) in [6.45, 7) is 3.72. The normalized spacial score (nSPS) is 11.4. The number of hydrogen-bond acceptors (Lipinski definition) is 4. The van der Waals surface area contributed by atoms with Crippen LogP contribution in [-0.2, 0) is 0 Å². The fourth-order valence-corrected chi connectivity index (χ4v) is 2.59. The number of carbonyl (C=O) groups excluding carboxylic acids is 1. The van der Waals surface area contributed by atoms with Gasteiger partial charge in [0.25, 0.3) is 5.91 Å². The fraction of sp³-hybridized carbons (Fsp3) is 0.150. The predicted octanol–water partition coefficient (Wildman–Crippen LogP) is 3.71. The van der Waals surface area contributed by atoms with Gasteiger partial charge in [-0.3, -0.25) is 9.78 Å². The van der Waals surface area contributed by atoms with E-state index in [9.17, 15) is 4.79 Å². The Morgan fingerprint density at radius 3 is 2.56 bits per heavy atom. The molecule has 1 N–H and O–H groups in total. The number of pyridine rings is 1. The SMILES string of the molecule is COc1ccc(/C(C)=N/NC(=O)c2cc(C)nc3ccccc23)cc1. The average molecular weight is 333 g/mol. The van der Waals surface area contributed by atoms with Crippen LogP contribution in [-0.4, -0.2) is 23.7 Å². The molecule has 0 bridgehead atoms. The molecule has 0 radical (unpaired) electrons. The second kappa shape index (κ2) is 7.13. The molecule has 0 aliphatic rings. The number of para-hydroxylation sites is 1. The van der Waals surface area contributed by atoms with E-state index < -0.39 is 0 Å². The summed E-state index contributed by atoms with van der Waals surface area (Å²) in [5.74, 6) is 0.522. The smallest absolute Gasteiger partial charge is 0.272 e. The van der Waals surface area contributed by atoms with Gasteiger partial charge in [0, 0.05) is 11.1 Å². The van der Waals surface area contributed by atoms with Crippen LogP contribution < -0.4 is 10.2 Å². The maximum absolute atomic E-state index is 12.6. The summed E-state index contributed by atoms with van der Waals surface area (Å²) in [5, 5.41) is 5.03. The highest BCUT2D eigenvalue weighted by Gasteiger charge is 2.11. The van der Waals surface area contributed by atoms with Gasteiger partial charge in [0.1, 0.15) is 5.75 Å². The third kappa shape index (κ3) is 3.66. The molecule has 3 aromatic rings. The predicted molar refractivity (Wildman–Crippen MR) is 99.2 cm³/mol. The molecule has 5 heteroatoms. The van der Waals surface area contributed by atoms with Crippen LogP contribution in [0.3, 0.4) is 0 Å². The summed E-state index contributed by atoms with van der Waals surface area (Å²) in [4.78, 5) is 17.0. The van der Waals surface area contributed by atoms with Gasteiger partial charge in [-0.1, -0.05) is 18.2 Å². The largest absolute Gasteiger partial charge is 0.497 e. The number of rotatable bonds is 4. The van der Waals surface area contributed by atoms with Crippen LogP contribution >= 0.6 is 0 Å². The van der Waals surface area contributed by atoms with Crippen molar-refractivity contribution in [2.75, 3.05) is 7.11 Å². The topological polar surface area (TPSA) is 63.6 Å². The standard InChI is InChI=1S/C20H19N3O2/c1-13-12-18(17-6-4-5-7-19(17)21-13)20(24)23-22-14(2)15-8-10-16(25-3)11-9-15/h4-12H,1-3H3,(H,23,24)/b22-14+. The van der Waals surface area contributed by atoms with Crippen molar-refractivity contribution >= 4 is 22.5 Å². The van der Waals surface area contributed by atoms with Crippen LogP contribution in [0.4, 0.5) is 0 Å². The van der Waals surface area contributed by atoms with E-state index in [2.05, 4.69) is 15.5 Å². The quantitative estimate of drug-likeness (QED) is 0.585. The molecule has 0 aliphatic carbocycles. The number of methoxy groups -OCH3 is 1. The summed E-state index contributed by atoms with van der Waals surface area (Å²) in [6, 6.07) is 16.9. The Morgan fingerprint density at radius 2 is 1.84 bits per heavy atom. The number of hydrazone groups is 1. The number of aryl methyl sites for hydroxylation is 1. The molecule has 0 aliphatic heterocycles. The van der Waals surface area contributed by atoms with E-state index in [0.29, 0.717) is 11.3 Å². The first-order valence-electron chi connectivity index (χ1n) is 7.94. The summed E-state index contributed by atoms with van der Waals surface area (Å²) < 4.78 is 5.14. The summed E-state index contributed by atoms with van der Waals surface area (Å²) in [7, 11) is 1.62. The highest BCUT2D eigenvalue weighted by molar-refractivity contribution is 6.07. The highest BCUT2D eigenvalue weighted by atomic mass is 16.5. The zero-order valence-corrected chi connectivity index (χ0v) is 14.4. The number of carbonyl (C=O) groups is 1. The maximum Gasteiger partial charge on any atom is 0.272 e. The fourth-order valence-electron chi connectivity index (χ4n) is 2.59. The van der Waals surface area contributed by atoms with E-state index in [1.165, 1.54) is 0 Å². The van der Waals surface area contributed by atoms with Crippen molar-refractivity contribution in [3.05, 3.63) is 71.4 Å². The summed E-state index contributed by atoms with van der Waals surface area (Å²) in [5.41, 5.74) is 6.41. The van der Waals surface area contributed by atoms with Gasteiger partial charge in [-0.25, -0.2) is 5.43 Å². The molecule has 0 atom stereocenters. The van der Waals surface area contributed by atoms with Gasteiger partial charge in [-0.2, -0.15) is 5.10 Å². The van der Waals surface area contributed by atoms with Gasteiger partial charge in [0.2, 0.25) is 0 Å². The number of ether oxygens (including phenoxy) is 1. The van der Waals surface area contributed by atoms with Gasteiger partial charge in [0.05, 0.1) is 23.9 Å². The summed E-state index contributed by atoms with van der Waals surface area (Å²) in [6.07, 6.45) is 0. The Labute approximate surface area is 146 Å². The lowest BCUT2D eigenvalue weighted by molar-refractivity contribution is 0.0956. The van der Waals surface area contributed by atoms with Crippen molar-refractivity contribution in [1.29, 1.82) is 0 Å². The van der Waals surface area contributed by atoms with Gasteiger partial charge in [-0.15, -0.1) is 0 Å². The van der Waals surface area contributed by atoms with E-state index in [4.69, 9.17) is 4.74 Å². The molecular weight excluding hydrogens is 314 g/mol. The zero-order chi connectivity index (χ0) is 17.8. The number of fused-ring (bicyclic) bond motifs is 1. The molecule has 25 heavy (non-hydrogen) atoms. The molecule has 5 nitrogen and oxygen atoms in total. The minimum atomic E-state index is -0.255. The lowest BCUT2D eigenvalue weighted by atomic mass is 10.1. The third-order valence-electron chi connectivity index (χ3n) is 3.92. The van der Waals surface area contributed by atoms with Crippen LogP contribution in [0, 0.1) is 6.92 Å². The number of hydrogen-bond donors (Lipinski definition) is 1. The Hall–Kier alpha value is -3.21. The molecule has 0 saturated carbocycles. The zero-order valence-electron chi connectivity index (χ0n) is 14.4. The van der Waals surface area contributed by atoms with Crippen molar-refractivity contribution in [3.8, 4) is 5.75 Å². The van der Waals surface area contributed by atoms with Gasteiger partial charge in [-0.05, 0) is 55.8 Å². The molecule has 1 heterocycles. The van der Waals surface area contributed by atoms with Crippen molar-refractivity contribution in [2.45, 2.75) is 13.8 Å². The number of nitrogens with zero attached hydrogens (tertiary/aromatic N) is 2. The van der Waals surface area contributed by atoms with Crippen molar-refractivity contribution in [2.24, 2.45) is 5.10 Å². The first-order valence-corrected chi connectivity index (χ1v) is 7.94. The second-order valence-electron chi connectivity index (χ2n) is 5.69. The van der Waals surface area contributed by atoms with E-state index in [1.807, 2.05) is 62.4 Å². The van der Waals surface area contributed by atoms with Crippen LogP contribution in [0.15, 0.2) is 59.7 Å². The van der Waals surface area contributed by atoms with Crippen LogP contribution in [0.2, 0.25) is 0 Å². The lowest BCUT2D eigenvalue weighted by Crippen LogP contribution is -2.20. The number of benzene rings is 2. The van der Waals surface area contributed by atoms with Gasteiger partial charge in [0.15, 0.2) is 0 Å². The minimum Gasteiger partial charge on any atom is -0.497 e. The highest BCUT2D eigenvalue weighted by Crippen LogP contribution is 2.18. The molecule has 126 valence electrons. The molecule has 1 amide bonds. The first-order chi connectivity index (χ1) is 12.1. The van der Waals surface area contributed by atoms with Crippen molar-refractivity contribution in [3.63, 3.8) is 0 Å². The Bertz CT molecular complexity index is 947. The Kier molecular flexibility index (Phi) is 4.75.